The molecule has 0 saturated carbocycles. The highest BCUT2D eigenvalue weighted by molar-refractivity contribution is 7.80. The summed E-state index contributed by atoms with van der Waals surface area (Å²) in [6.45, 7) is 8.88. The van der Waals surface area contributed by atoms with Crippen molar-refractivity contribution in [1.29, 1.82) is 0 Å². The maximum absolute atomic E-state index is 12.7. The molecule has 9 heteroatoms. The zero-order valence-corrected chi connectivity index (χ0v) is 35.3. The predicted octanol–water partition coefficient (Wildman–Crippen LogP) is 11.4. The highest BCUT2D eigenvalue weighted by Gasteiger charge is 2.32. The number of rotatable bonds is 35. The number of likely N-dealkylation sites (N-methyl/N-ethyl adjacent to an activating group) is 1. The number of nitrogens with zero attached hydrogens (tertiary/aromatic N) is 2. The number of hydrogen-bond acceptors (Lipinski definition) is 6. The molecule has 0 fully saturated rings. The van der Waals surface area contributed by atoms with Crippen LogP contribution in [0.5, 0.6) is 0 Å². The van der Waals surface area contributed by atoms with Gasteiger partial charge in [-0.05, 0) is 19.8 Å². The van der Waals surface area contributed by atoms with Crippen molar-refractivity contribution in [3.05, 3.63) is 0 Å². The zero-order chi connectivity index (χ0) is 37.8. The molecule has 51 heavy (non-hydrogen) atoms. The Hall–Kier alpha value is -1.19. The quantitative estimate of drug-likeness (QED) is 0.0300. The Morgan fingerprint density at radius 3 is 1.31 bits per heavy atom. The van der Waals surface area contributed by atoms with E-state index in [1.165, 1.54) is 192 Å². The van der Waals surface area contributed by atoms with Crippen LogP contribution in [0.25, 0.3) is 0 Å². The molecule has 1 unspecified atom stereocenters. The molecule has 1 aliphatic rings. The van der Waals surface area contributed by atoms with Crippen molar-refractivity contribution in [3.8, 4) is 0 Å². The Morgan fingerprint density at radius 1 is 0.667 bits per heavy atom. The first-order valence-electron chi connectivity index (χ1n) is 21.8. The standard InChI is InChI=1S/C41H81N3O.CH4O4S/c1-5-7-9-11-13-15-17-19-21-23-25-27-29-31-33-35-40(45)42-39(3)44-38-37-43(4)41(44)36-34-32-30-28-26-24-22-20-18-16-14-12-10-8-6-2;1-5-6(2,3)4/h39H,5-38H2,1-4H3;1H3,(H,2,3,4). The van der Waals surface area contributed by atoms with Crippen LogP contribution >= 0.6 is 0 Å². The molecule has 0 aromatic heterocycles. The Labute approximate surface area is 317 Å². The number of nitrogens with one attached hydrogen (secondary N) is 1. The van der Waals surface area contributed by atoms with Gasteiger partial charge in [-0.25, -0.2) is 13.3 Å². The van der Waals surface area contributed by atoms with Gasteiger partial charge >= 0.3 is 0 Å². The summed E-state index contributed by atoms with van der Waals surface area (Å²) in [7, 11) is -1.38. The van der Waals surface area contributed by atoms with Crippen LogP contribution in [-0.4, -0.2) is 67.6 Å². The van der Waals surface area contributed by atoms with E-state index in [0.29, 0.717) is 6.42 Å². The molecule has 0 aromatic rings. The van der Waals surface area contributed by atoms with Gasteiger partial charge in [0.15, 0.2) is 6.17 Å². The fourth-order valence-electron chi connectivity index (χ4n) is 7.18. The van der Waals surface area contributed by atoms with E-state index in [9.17, 15) is 17.8 Å². The third kappa shape index (κ3) is 33.1. The number of unbranched alkanes of at least 4 members (excludes halogenated alkanes) is 28. The number of hydrogen-bond donors (Lipinski definition) is 1. The third-order valence-electron chi connectivity index (χ3n) is 10.5. The molecule has 0 saturated heterocycles. The van der Waals surface area contributed by atoms with E-state index in [-0.39, 0.29) is 12.1 Å². The average molecular weight is 744 g/mol. The van der Waals surface area contributed by atoms with Gasteiger partial charge in [0.25, 0.3) is 0 Å². The highest BCUT2D eigenvalue weighted by atomic mass is 32.3. The number of amides is 1. The highest BCUT2D eigenvalue weighted by Crippen LogP contribution is 2.17. The van der Waals surface area contributed by atoms with E-state index >= 15 is 0 Å². The van der Waals surface area contributed by atoms with Crippen LogP contribution in [-0.2, 0) is 19.4 Å². The number of carbonyl (C=O) groups is 1. The molecule has 1 N–H and O–H groups in total. The van der Waals surface area contributed by atoms with Gasteiger partial charge in [-0.15, -0.1) is 0 Å². The molecule has 1 amide bonds. The Kier molecular flexibility index (Phi) is 35.0. The summed E-state index contributed by atoms with van der Waals surface area (Å²) >= 11 is 0. The fraction of sp³-hybridized carbons (Fsp3) is 0.952. The largest absolute Gasteiger partial charge is 0.726 e. The first kappa shape index (κ1) is 49.8. The summed E-state index contributed by atoms with van der Waals surface area (Å²) in [5, 5.41) is 3.32. The topological polar surface area (TPSA) is 102 Å². The molecule has 304 valence electrons. The SMILES string of the molecule is CCCCCCCCCCCCCCCCCC(=O)NC(C)N1CC[N+](C)=C1CCCCCCCCCCCCCCCCC.COS(=O)(=O)[O-]. The maximum atomic E-state index is 12.7. The van der Waals surface area contributed by atoms with Crippen LogP contribution in [0.2, 0.25) is 0 Å². The molecule has 0 spiro atoms. The lowest BCUT2D eigenvalue weighted by Gasteiger charge is -2.22. The molecule has 0 aromatic carbocycles. The van der Waals surface area contributed by atoms with Gasteiger partial charge in [-0.2, -0.15) is 0 Å². The van der Waals surface area contributed by atoms with E-state index in [0.717, 1.165) is 33.0 Å². The lowest BCUT2D eigenvalue weighted by Crippen LogP contribution is -2.48. The minimum Gasteiger partial charge on any atom is -0.726 e. The van der Waals surface area contributed by atoms with Crippen molar-refractivity contribution in [3.63, 3.8) is 0 Å². The van der Waals surface area contributed by atoms with Gasteiger partial charge in [-0.3, -0.25) is 13.6 Å². The van der Waals surface area contributed by atoms with Gasteiger partial charge in [0.05, 0.1) is 14.2 Å². The molecule has 1 rings (SSSR count). The Morgan fingerprint density at radius 2 is 0.980 bits per heavy atom. The van der Waals surface area contributed by atoms with Crippen LogP contribution in [0, 0.1) is 0 Å². The first-order valence-corrected chi connectivity index (χ1v) is 23.1. The van der Waals surface area contributed by atoms with E-state index < -0.39 is 10.4 Å². The molecule has 1 heterocycles. The van der Waals surface area contributed by atoms with Crippen LogP contribution in [0.1, 0.15) is 226 Å². The van der Waals surface area contributed by atoms with Crippen molar-refractivity contribution in [2.75, 3.05) is 27.2 Å². The fourth-order valence-corrected chi connectivity index (χ4v) is 7.18. The normalized spacial score (nSPS) is 13.8. The Balaban J connectivity index is 0.00000381. The van der Waals surface area contributed by atoms with Gasteiger partial charge in [0.2, 0.25) is 22.1 Å². The monoisotopic (exact) mass is 744 g/mol. The second-order valence-corrected chi connectivity index (χ2v) is 16.4. The minimum atomic E-state index is -4.41. The molecule has 1 atom stereocenters. The lowest BCUT2D eigenvalue weighted by molar-refractivity contribution is -0.487. The second-order valence-electron chi connectivity index (χ2n) is 15.2. The summed E-state index contributed by atoms with van der Waals surface area (Å²) in [5.74, 6) is 1.67. The van der Waals surface area contributed by atoms with Crippen molar-refractivity contribution in [2.24, 2.45) is 0 Å². The summed E-state index contributed by atoms with van der Waals surface area (Å²) in [6, 6.07) is 0. The minimum absolute atomic E-state index is 0.102. The van der Waals surface area contributed by atoms with Crippen molar-refractivity contribution >= 4 is 22.1 Å². The number of carbonyl (C=O) groups excluding carboxylic acids is 1. The molecule has 0 bridgehead atoms. The van der Waals surface area contributed by atoms with Crippen LogP contribution in [0.15, 0.2) is 0 Å². The van der Waals surface area contributed by atoms with E-state index in [2.05, 4.69) is 46.8 Å². The van der Waals surface area contributed by atoms with Gasteiger partial charge in [0, 0.05) is 12.8 Å². The summed E-state index contributed by atoms with van der Waals surface area (Å²) in [5.41, 5.74) is 0. The van der Waals surface area contributed by atoms with Crippen molar-refractivity contribution in [1.82, 2.24) is 10.2 Å². The molecular formula is C42H85N3O5S. The van der Waals surface area contributed by atoms with Gasteiger partial charge in [0.1, 0.15) is 13.1 Å². The smallest absolute Gasteiger partial charge is 0.248 e. The van der Waals surface area contributed by atoms with Crippen molar-refractivity contribution in [2.45, 2.75) is 232 Å². The maximum Gasteiger partial charge on any atom is 0.248 e. The Bertz CT molecular complexity index is 927. The average Bonchev–Trinajstić information content (AvgIpc) is 3.48. The van der Waals surface area contributed by atoms with E-state index in [1.54, 1.807) is 0 Å². The molecule has 8 nitrogen and oxygen atoms in total. The second kappa shape index (κ2) is 35.8. The van der Waals surface area contributed by atoms with Crippen LogP contribution < -0.4 is 5.32 Å². The predicted molar refractivity (Wildman–Crippen MR) is 216 cm³/mol. The van der Waals surface area contributed by atoms with Crippen molar-refractivity contribution < 1.29 is 26.5 Å². The zero-order valence-electron chi connectivity index (χ0n) is 34.5. The number of amidine groups is 1. The van der Waals surface area contributed by atoms with E-state index in [1.807, 2.05) is 0 Å². The first-order chi connectivity index (χ1) is 24.7. The van der Waals surface area contributed by atoms with Gasteiger partial charge in [-0.1, -0.05) is 194 Å². The summed E-state index contributed by atoms with van der Waals surface area (Å²) in [6.07, 6.45) is 43.5. The lowest BCUT2D eigenvalue weighted by atomic mass is 10.0. The van der Waals surface area contributed by atoms with Crippen LogP contribution in [0.4, 0.5) is 0 Å². The molecular weight excluding hydrogens is 659 g/mol. The molecule has 1 aliphatic heterocycles. The van der Waals surface area contributed by atoms with E-state index in [4.69, 9.17) is 0 Å². The van der Waals surface area contributed by atoms with Crippen LogP contribution in [0.3, 0.4) is 0 Å². The summed E-state index contributed by atoms with van der Waals surface area (Å²) < 4.78 is 33.4. The molecule has 0 radical (unpaired) electrons. The third-order valence-corrected chi connectivity index (χ3v) is 10.9. The van der Waals surface area contributed by atoms with Gasteiger partial charge < -0.3 is 9.87 Å². The molecule has 0 aliphatic carbocycles. The summed E-state index contributed by atoms with van der Waals surface area (Å²) in [4.78, 5) is 15.1.